The standard InChI is InChI=1S/C19H14N4O2S/c1-2-6-13(7-3-1)10-11-17-22-23-18(20-21-19(23)26-17)16-12-24-14-8-4-5-9-15(14)25-16/h1-11,16H,12H2/b11-10+/t16-/m0/s1. The Morgan fingerprint density at radius 3 is 2.65 bits per heavy atom. The number of hydrogen-bond donors (Lipinski definition) is 0. The zero-order valence-corrected chi connectivity index (χ0v) is 14.5. The highest BCUT2D eigenvalue weighted by atomic mass is 32.1. The molecule has 1 aliphatic heterocycles. The van der Waals surface area contributed by atoms with Crippen molar-refractivity contribution in [2.45, 2.75) is 6.10 Å². The van der Waals surface area contributed by atoms with Crippen LogP contribution in [0.1, 0.15) is 22.5 Å². The van der Waals surface area contributed by atoms with Crippen molar-refractivity contribution in [3.8, 4) is 11.5 Å². The molecule has 7 heteroatoms. The van der Waals surface area contributed by atoms with E-state index in [1.165, 1.54) is 11.3 Å². The van der Waals surface area contributed by atoms with Gasteiger partial charge in [-0.3, -0.25) is 0 Å². The molecule has 0 radical (unpaired) electrons. The molecule has 6 nitrogen and oxygen atoms in total. The van der Waals surface area contributed by atoms with Gasteiger partial charge < -0.3 is 9.47 Å². The summed E-state index contributed by atoms with van der Waals surface area (Å²) in [6, 6.07) is 17.7. The fourth-order valence-electron chi connectivity index (χ4n) is 2.79. The van der Waals surface area contributed by atoms with Gasteiger partial charge in [-0.15, -0.1) is 10.2 Å². The highest BCUT2D eigenvalue weighted by molar-refractivity contribution is 7.17. The molecular formula is C19H14N4O2S. The Balaban J connectivity index is 1.43. The molecule has 128 valence electrons. The number of benzene rings is 2. The van der Waals surface area contributed by atoms with Crippen LogP contribution in [0.5, 0.6) is 11.5 Å². The molecule has 0 amide bonds. The van der Waals surface area contributed by atoms with Gasteiger partial charge in [-0.2, -0.15) is 9.61 Å². The Morgan fingerprint density at radius 2 is 1.77 bits per heavy atom. The van der Waals surface area contributed by atoms with Gasteiger partial charge in [0.15, 0.2) is 23.4 Å². The molecule has 0 bridgehead atoms. The van der Waals surface area contributed by atoms with Crippen LogP contribution in [0.15, 0.2) is 54.6 Å². The maximum Gasteiger partial charge on any atom is 0.235 e. The second-order valence-corrected chi connectivity index (χ2v) is 6.79. The number of nitrogens with zero attached hydrogens (tertiary/aromatic N) is 4. The molecule has 2 aromatic carbocycles. The summed E-state index contributed by atoms with van der Waals surface area (Å²) in [7, 11) is 0. The SMILES string of the molecule is C(=C\c1nn2c([C@@H]3COc4ccccc4O3)nnc2s1)/c1ccccc1. The Hall–Kier alpha value is -3.19. The molecule has 0 saturated heterocycles. The normalized spacial score (nSPS) is 16.4. The summed E-state index contributed by atoms with van der Waals surface area (Å²) in [4.78, 5) is 0.732. The van der Waals surface area contributed by atoms with Crippen LogP contribution < -0.4 is 9.47 Å². The molecule has 0 saturated carbocycles. The van der Waals surface area contributed by atoms with Gasteiger partial charge in [-0.25, -0.2) is 0 Å². The van der Waals surface area contributed by atoms with Crippen LogP contribution in [-0.2, 0) is 0 Å². The minimum Gasteiger partial charge on any atom is -0.485 e. The van der Waals surface area contributed by atoms with Crippen LogP contribution in [0.2, 0.25) is 0 Å². The van der Waals surface area contributed by atoms with E-state index >= 15 is 0 Å². The summed E-state index contributed by atoms with van der Waals surface area (Å²) in [5.41, 5.74) is 1.12. The molecular weight excluding hydrogens is 348 g/mol. The molecule has 4 aromatic rings. The molecule has 5 rings (SSSR count). The van der Waals surface area contributed by atoms with E-state index in [9.17, 15) is 0 Å². The number of para-hydroxylation sites is 2. The molecule has 0 unspecified atom stereocenters. The van der Waals surface area contributed by atoms with E-state index in [0.29, 0.717) is 18.2 Å². The lowest BCUT2D eigenvalue weighted by atomic mass is 10.2. The molecule has 0 fully saturated rings. The van der Waals surface area contributed by atoms with Crippen molar-refractivity contribution in [1.82, 2.24) is 19.8 Å². The van der Waals surface area contributed by atoms with Crippen molar-refractivity contribution in [3.05, 3.63) is 71.0 Å². The molecule has 2 aromatic heterocycles. The third-order valence-corrected chi connectivity index (χ3v) is 4.91. The van der Waals surface area contributed by atoms with Crippen molar-refractivity contribution in [3.63, 3.8) is 0 Å². The minimum atomic E-state index is -0.340. The van der Waals surface area contributed by atoms with Crippen molar-refractivity contribution < 1.29 is 9.47 Å². The zero-order chi connectivity index (χ0) is 17.3. The Bertz CT molecular complexity index is 1090. The molecule has 0 N–H and O–H groups in total. The van der Waals surface area contributed by atoms with Crippen molar-refractivity contribution in [2.24, 2.45) is 0 Å². The van der Waals surface area contributed by atoms with E-state index in [1.807, 2.05) is 66.7 Å². The summed E-state index contributed by atoms with van der Waals surface area (Å²) in [5, 5.41) is 13.9. The van der Waals surface area contributed by atoms with Gasteiger partial charge in [0.2, 0.25) is 4.96 Å². The van der Waals surface area contributed by atoms with Gasteiger partial charge >= 0.3 is 0 Å². The van der Waals surface area contributed by atoms with E-state index in [-0.39, 0.29) is 6.10 Å². The lowest BCUT2D eigenvalue weighted by Gasteiger charge is -2.24. The van der Waals surface area contributed by atoms with Gasteiger partial charge in [0.25, 0.3) is 0 Å². The average molecular weight is 362 g/mol. The Morgan fingerprint density at radius 1 is 0.962 bits per heavy atom. The van der Waals surface area contributed by atoms with Gasteiger partial charge in [0, 0.05) is 0 Å². The number of ether oxygens (including phenoxy) is 2. The van der Waals surface area contributed by atoms with Crippen LogP contribution >= 0.6 is 11.3 Å². The highest BCUT2D eigenvalue weighted by Gasteiger charge is 2.27. The van der Waals surface area contributed by atoms with Crippen molar-refractivity contribution >= 4 is 28.4 Å². The number of hydrogen-bond acceptors (Lipinski definition) is 6. The van der Waals surface area contributed by atoms with Gasteiger partial charge in [0.1, 0.15) is 11.6 Å². The predicted molar refractivity (Wildman–Crippen MR) is 99.3 cm³/mol. The quantitative estimate of drug-likeness (QED) is 0.554. The van der Waals surface area contributed by atoms with Gasteiger partial charge in [0.05, 0.1) is 0 Å². The zero-order valence-electron chi connectivity index (χ0n) is 13.6. The van der Waals surface area contributed by atoms with Crippen LogP contribution in [-0.4, -0.2) is 26.4 Å². The van der Waals surface area contributed by atoms with Crippen LogP contribution in [0.25, 0.3) is 17.1 Å². The molecule has 1 aliphatic rings. The summed E-state index contributed by atoms with van der Waals surface area (Å²) in [6.45, 7) is 0.379. The van der Waals surface area contributed by atoms with Crippen LogP contribution in [0, 0.1) is 0 Å². The van der Waals surface area contributed by atoms with Crippen LogP contribution in [0.4, 0.5) is 0 Å². The second-order valence-electron chi connectivity index (χ2n) is 5.80. The van der Waals surface area contributed by atoms with Gasteiger partial charge in [-0.05, 0) is 23.8 Å². The first-order valence-corrected chi connectivity index (χ1v) is 9.02. The molecule has 0 aliphatic carbocycles. The largest absolute Gasteiger partial charge is 0.485 e. The van der Waals surface area contributed by atoms with Crippen molar-refractivity contribution in [1.29, 1.82) is 0 Å². The second kappa shape index (κ2) is 6.27. The number of fused-ring (bicyclic) bond motifs is 2. The monoisotopic (exact) mass is 362 g/mol. The van der Waals surface area contributed by atoms with E-state index in [0.717, 1.165) is 21.3 Å². The van der Waals surface area contributed by atoms with E-state index < -0.39 is 0 Å². The van der Waals surface area contributed by atoms with E-state index in [4.69, 9.17) is 9.47 Å². The smallest absolute Gasteiger partial charge is 0.235 e. The van der Waals surface area contributed by atoms with Crippen LogP contribution in [0.3, 0.4) is 0 Å². The first-order valence-electron chi connectivity index (χ1n) is 8.20. The highest BCUT2D eigenvalue weighted by Crippen LogP contribution is 2.35. The molecule has 0 spiro atoms. The lowest BCUT2D eigenvalue weighted by molar-refractivity contribution is 0.0836. The maximum atomic E-state index is 6.02. The summed E-state index contributed by atoms with van der Waals surface area (Å²) >= 11 is 1.48. The number of rotatable bonds is 3. The summed E-state index contributed by atoms with van der Waals surface area (Å²) < 4.78 is 13.5. The first kappa shape index (κ1) is 15.1. The summed E-state index contributed by atoms with van der Waals surface area (Å²) in [5.74, 6) is 2.10. The molecule has 26 heavy (non-hydrogen) atoms. The molecule has 3 heterocycles. The summed E-state index contributed by atoms with van der Waals surface area (Å²) in [6.07, 6.45) is 3.67. The Labute approximate surface area is 153 Å². The van der Waals surface area contributed by atoms with Crippen molar-refractivity contribution in [2.75, 3.05) is 6.61 Å². The third kappa shape index (κ3) is 2.72. The van der Waals surface area contributed by atoms with Gasteiger partial charge in [-0.1, -0.05) is 59.9 Å². The van der Waals surface area contributed by atoms with E-state index in [1.54, 1.807) is 4.52 Å². The third-order valence-electron chi connectivity index (χ3n) is 4.05. The van der Waals surface area contributed by atoms with E-state index in [2.05, 4.69) is 15.3 Å². The number of aromatic nitrogens is 4. The topological polar surface area (TPSA) is 61.5 Å². The lowest BCUT2D eigenvalue weighted by Crippen LogP contribution is -2.23. The average Bonchev–Trinajstić information content (AvgIpc) is 3.27. The minimum absolute atomic E-state index is 0.340. The predicted octanol–water partition coefficient (Wildman–Crippen LogP) is 3.87. The first-order chi connectivity index (χ1) is 12.9. The molecule has 1 atom stereocenters. The Kier molecular flexibility index (Phi) is 3.64. The fourth-order valence-corrected chi connectivity index (χ4v) is 3.54. The maximum absolute atomic E-state index is 6.02. The fraction of sp³-hybridized carbons (Fsp3) is 0.105.